The summed E-state index contributed by atoms with van der Waals surface area (Å²) in [5, 5.41) is 0. The van der Waals surface area contributed by atoms with Crippen molar-refractivity contribution in [1.29, 1.82) is 0 Å². The third-order valence-electron chi connectivity index (χ3n) is 6.28. The van der Waals surface area contributed by atoms with Crippen molar-refractivity contribution in [3.05, 3.63) is 0 Å². The Kier molecular flexibility index (Phi) is 9.47. The Bertz CT molecular complexity index is 353. The van der Waals surface area contributed by atoms with Gasteiger partial charge in [0.15, 0.2) is 5.79 Å². The number of hydrogen-bond acceptors (Lipinski definition) is 3. The van der Waals surface area contributed by atoms with Gasteiger partial charge in [0.1, 0.15) is 5.78 Å². The Morgan fingerprint density at radius 1 is 0.840 bits per heavy atom. The SMILES string of the molecule is CCCCC1CCC(=O)CC1.CCCCC1CCC2(CC1)OCCO2. The number of Topliss-reactive ketones (excluding diaryl/α,β-unsaturated/α-hetero) is 1. The summed E-state index contributed by atoms with van der Waals surface area (Å²) >= 11 is 0. The van der Waals surface area contributed by atoms with E-state index in [2.05, 4.69) is 13.8 Å². The van der Waals surface area contributed by atoms with Crippen LogP contribution in [0.5, 0.6) is 0 Å². The van der Waals surface area contributed by atoms with Crippen LogP contribution in [0.2, 0.25) is 0 Å². The number of carbonyl (C=O) groups excluding carboxylic acids is 1. The smallest absolute Gasteiger partial charge is 0.168 e. The summed E-state index contributed by atoms with van der Waals surface area (Å²) in [6.07, 6.45) is 17.0. The van der Waals surface area contributed by atoms with Gasteiger partial charge in [0.2, 0.25) is 0 Å². The van der Waals surface area contributed by atoms with E-state index in [1.165, 1.54) is 64.2 Å². The summed E-state index contributed by atoms with van der Waals surface area (Å²) in [6.45, 7) is 6.11. The monoisotopic (exact) mass is 352 g/mol. The molecule has 3 aliphatic rings. The molecule has 146 valence electrons. The fraction of sp³-hybridized carbons (Fsp3) is 0.955. The molecule has 3 rings (SSSR count). The van der Waals surface area contributed by atoms with Crippen molar-refractivity contribution in [2.24, 2.45) is 11.8 Å². The van der Waals surface area contributed by atoms with Gasteiger partial charge in [-0.05, 0) is 37.5 Å². The first-order chi connectivity index (χ1) is 12.2. The summed E-state index contributed by atoms with van der Waals surface area (Å²) in [5.74, 6) is 2.14. The molecule has 3 fully saturated rings. The molecule has 0 amide bonds. The first kappa shape index (κ1) is 20.9. The highest BCUT2D eigenvalue weighted by Crippen LogP contribution is 2.39. The molecule has 0 unspecified atom stereocenters. The van der Waals surface area contributed by atoms with Crippen molar-refractivity contribution in [2.45, 2.75) is 110 Å². The molecule has 1 aliphatic heterocycles. The molecule has 2 saturated carbocycles. The lowest BCUT2D eigenvalue weighted by Crippen LogP contribution is -2.35. The zero-order valence-corrected chi connectivity index (χ0v) is 16.7. The molecule has 1 spiro atoms. The zero-order valence-electron chi connectivity index (χ0n) is 16.7. The molecule has 0 atom stereocenters. The van der Waals surface area contributed by atoms with Crippen LogP contribution in [-0.4, -0.2) is 24.8 Å². The van der Waals surface area contributed by atoms with Gasteiger partial charge in [-0.1, -0.05) is 52.4 Å². The Morgan fingerprint density at radius 3 is 1.80 bits per heavy atom. The number of ether oxygens (including phenoxy) is 2. The first-order valence-electron chi connectivity index (χ1n) is 11.0. The Hall–Kier alpha value is -0.410. The average Bonchev–Trinajstić information content (AvgIpc) is 3.10. The molecule has 0 aromatic rings. The predicted molar refractivity (Wildman–Crippen MR) is 103 cm³/mol. The highest BCUT2D eigenvalue weighted by molar-refractivity contribution is 5.78. The molecular weight excluding hydrogens is 312 g/mol. The second kappa shape index (κ2) is 11.3. The minimum Gasteiger partial charge on any atom is -0.348 e. The maximum Gasteiger partial charge on any atom is 0.168 e. The minimum absolute atomic E-state index is 0.150. The number of ketones is 1. The van der Waals surface area contributed by atoms with Gasteiger partial charge >= 0.3 is 0 Å². The van der Waals surface area contributed by atoms with Gasteiger partial charge in [0.05, 0.1) is 13.2 Å². The standard InChI is InChI=1S/C12H22O2.C10H18O/c1-2-3-4-11-5-7-12(8-6-11)13-9-10-14-12;1-2-3-4-9-5-7-10(11)8-6-9/h11H,2-10H2,1H3;9H,2-8H2,1H3. The van der Waals surface area contributed by atoms with E-state index in [4.69, 9.17) is 9.47 Å². The molecule has 0 aromatic carbocycles. The Labute approximate surface area is 155 Å². The number of hydrogen-bond donors (Lipinski definition) is 0. The summed E-state index contributed by atoms with van der Waals surface area (Å²) in [4.78, 5) is 10.9. The summed E-state index contributed by atoms with van der Waals surface area (Å²) in [6, 6.07) is 0. The molecule has 0 bridgehead atoms. The second-order valence-corrected chi connectivity index (χ2v) is 8.32. The first-order valence-corrected chi connectivity index (χ1v) is 11.0. The molecule has 0 aromatic heterocycles. The topological polar surface area (TPSA) is 35.5 Å². The van der Waals surface area contributed by atoms with E-state index in [-0.39, 0.29) is 5.79 Å². The Balaban J connectivity index is 0.000000186. The molecule has 2 aliphatic carbocycles. The third kappa shape index (κ3) is 7.38. The molecule has 1 heterocycles. The van der Waals surface area contributed by atoms with Crippen LogP contribution in [-0.2, 0) is 14.3 Å². The van der Waals surface area contributed by atoms with Crippen LogP contribution >= 0.6 is 0 Å². The summed E-state index contributed by atoms with van der Waals surface area (Å²) in [7, 11) is 0. The van der Waals surface area contributed by atoms with Crippen molar-refractivity contribution in [1.82, 2.24) is 0 Å². The summed E-state index contributed by atoms with van der Waals surface area (Å²) in [5.41, 5.74) is 0. The molecule has 3 nitrogen and oxygen atoms in total. The molecule has 25 heavy (non-hydrogen) atoms. The maximum absolute atomic E-state index is 10.9. The number of carbonyl (C=O) groups is 1. The van der Waals surface area contributed by atoms with E-state index in [1.54, 1.807) is 0 Å². The van der Waals surface area contributed by atoms with Crippen LogP contribution in [0.1, 0.15) is 104 Å². The number of rotatable bonds is 6. The van der Waals surface area contributed by atoms with Gasteiger partial charge in [-0.15, -0.1) is 0 Å². The van der Waals surface area contributed by atoms with Crippen LogP contribution in [0.25, 0.3) is 0 Å². The van der Waals surface area contributed by atoms with Crippen molar-refractivity contribution in [2.75, 3.05) is 13.2 Å². The van der Waals surface area contributed by atoms with E-state index in [0.717, 1.165) is 50.7 Å². The van der Waals surface area contributed by atoms with Gasteiger partial charge in [-0.2, -0.15) is 0 Å². The van der Waals surface area contributed by atoms with Crippen molar-refractivity contribution in [3.63, 3.8) is 0 Å². The van der Waals surface area contributed by atoms with Crippen molar-refractivity contribution in [3.8, 4) is 0 Å². The molecule has 0 N–H and O–H groups in total. The van der Waals surface area contributed by atoms with E-state index >= 15 is 0 Å². The van der Waals surface area contributed by atoms with Crippen LogP contribution in [0.3, 0.4) is 0 Å². The normalized spacial score (nSPS) is 24.3. The van der Waals surface area contributed by atoms with Gasteiger partial charge in [0.25, 0.3) is 0 Å². The highest BCUT2D eigenvalue weighted by atomic mass is 16.7. The lowest BCUT2D eigenvalue weighted by molar-refractivity contribution is -0.182. The van der Waals surface area contributed by atoms with Crippen molar-refractivity contribution >= 4 is 5.78 Å². The van der Waals surface area contributed by atoms with E-state index in [1.807, 2.05) is 0 Å². The molecule has 0 radical (unpaired) electrons. The van der Waals surface area contributed by atoms with Crippen LogP contribution < -0.4 is 0 Å². The fourth-order valence-corrected chi connectivity index (χ4v) is 4.47. The molecular formula is C22H40O3. The summed E-state index contributed by atoms with van der Waals surface area (Å²) < 4.78 is 11.4. The van der Waals surface area contributed by atoms with E-state index in [9.17, 15) is 4.79 Å². The molecule has 3 heteroatoms. The minimum atomic E-state index is -0.150. The van der Waals surface area contributed by atoms with Crippen LogP contribution in [0, 0.1) is 11.8 Å². The van der Waals surface area contributed by atoms with Crippen LogP contribution in [0.4, 0.5) is 0 Å². The van der Waals surface area contributed by atoms with Gasteiger partial charge in [-0.25, -0.2) is 0 Å². The van der Waals surface area contributed by atoms with Gasteiger partial charge < -0.3 is 9.47 Å². The lowest BCUT2D eigenvalue weighted by Gasteiger charge is -2.35. The largest absolute Gasteiger partial charge is 0.348 e. The predicted octanol–water partition coefficient (Wildman–Crippen LogP) is 6.05. The quantitative estimate of drug-likeness (QED) is 0.584. The highest BCUT2D eigenvalue weighted by Gasteiger charge is 2.39. The fourth-order valence-electron chi connectivity index (χ4n) is 4.47. The van der Waals surface area contributed by atoms with Crippen molar-refractivity contribution < 1.29 is 14.3 Å². The van der Waals surface area contributed by atoms with Gasteiger partial charge in [0, 0.05) is 25.7 Å². The Morgan fingerprint density at radius 2 is 1.32 bits per heavy atom. The number of unbranched alkanes of at least 4 members (excludes halogenated alkanes) is 2. The second-order valence-electron chi connectivity index (χ2n) is 8.32. The maximum atomic E-state index is 10.9. The lowest BCUT2D eigenvalue weighted by atomic mass is 9.82. The average molecular weight is 353 g/mol. The zero-order chi connectivity index (χ0) is 18.0. The van der Waals surface area contributed by atoms with Crippen LogP contribution in [0.15, 0.2) is 0 Å². The molecule has 1 saturated heterocycles. The van der Waals surface area contributed by atoms with E-state index in [0.29, 0.717) is 5.78 Å². The third-order valence-corrected chi connectivity index (χ3v) is 6.28. The van der Waals surface area contributed by atoms with E-state index < -0.39 is 0 Å². The van der Waals surface area contributed by atoms with Gasteiger partial charge in [-0.3, -0.25) is 4.79 Å².